The minimum atomic E-state index is -1.24. The molecule has 0 heterocycles. The number of carbonyl (C=O) groups is 3. The number of aliphatic carboxylic acids is 1. The van der Waals surface area contributed by atoms with E-state index >= 15 is 0 Å². The van der Waals surface area contributed by atoms with Gasteiger partial charge in [-0.2, -0.15) is 0 Å². The second-order valence-electron chi connectivity index (χ2n) is 6.54. The molecule has 134 valence electrons. The highest BCUT2D eigenvalue weighted by Gasteiger charge is 2.21. The minimum absolute atomic E-state index is 0.288. The summed E-state index contributed by atoms with van der Waals surface area (Å²) in [4.78, 5) is 33.3. The van der Waals surface area contributed by atoms with Gasteiger partial charge in [0, 0.05) is 6.42 Å². The highest BCUT2D eigenvalue weighted by molar-refractivity contribution is 5.88. The Labute approximate surface area is 139 Å². The number of carboxylic acid groups (broad SMARTS) is 1. The summed E-state index contributed by atoms with van der Waals surface area (Å²) in [6.07, 6.45) is 8.97. The van der Waals surface area contributed by atoms with Gasteiger partial charge in [0.2, 0.25) is 11.8 Å². The molecule has 0 aliphatic heterocycles. The molecule has 23 heavy (non-hydrogen) atoms. The summed E-state index contributed by atoms with van der Waals surface area (Å²) in [5.41, 5.74) is 4.96. The quantitative estimate of drug-likeness (QED) is 0.426. The second-order valence-corrected chi connectivity index (χ2v) is 6.54. The van der Waals surface area contributed by atoms with Gasteiger partial charge in [0.25, 0.3) is 0 Å². The Hall–Kier alpha value is -1.59. The molecule has 6 heteroatoms. The topological polar surface area (TPSA) is 109 Å². The maximum absolute atomic E-state index is 11.7. The number of nitrogens with one attached hydrogen (secondary N) is 1. The molecule has 0 unspecified atom stereocenters. The first-order valence-corrected chi connectivity index (χ1v) is 8.63. The Bertz CT molecular complexity index is 370. The Balaban J connectivity index is 3.62. The zero-order chi connectivity index (χ0) is 17.7. The number of hydrogen-bond acceptors (Lipinski definition) is 3. The van der Waals surface area contributed by atoms with Crippen LogP contribution in [-0.2, 0) is 14.4 Å². The van der Waals surface area contributed by atoms with Gasteiger partial charge in [0.05, 0.1) is 6.42 Å². The second kappa shape index (κ2) is 12.9. The number of unbranched alkanes of at least 4 members (excludes halogenated alkanes) is 6. The van der Waals surface area contributed by atoms with Crippen LogP contribution in [0, 0.1) is 5.92 Å². The molecule has 0 rings (SSSR count). The third kappa shape index (κ3) is 13.8. The molecule has 0 aliphatic rings. The number of carbonyl (C=O) groups excluding carboxylic acids is 2. The molecule has 0 aromatic carbocycles. The van der Waals surface area contributed by atoms with E-state index in [9.17, 15) is 14.4 Å². The van der Waals surface area contributed by atoms with E-state index in [0.29, 0.717) is 0 Å². The number of primary amides is 1. The third-order valence-electron chi connectivity index (χ3n) is 3.72. The van der Waals surface area contributed by atoms with Gasteiger partial charge in [-0.1, -0.05) is 58.8 Å². The lowest BCUT2D eigenvalue weighted by Gasteiger charge is -2.12. The molecule has 0 aliphatic carbocycles. The highest BCUT2D eigenvalue weighted by atomic mass is 16.4. The Morgan fingerprint density at radius 1 is 0.957 bits per heavy atom. The van der Waals surface area contributed by atoms with Crippen molar-refractivity contribution in [1.82, 2.24) is 5.32 Å². The molecule has 0 fully saturated rings. The van der Waals surface area contributed by atoms with Crippen molar-refractivity contribution in [3.05, 3.63) is 0 Å². The van der Waals surface area contributed by atoms with Crippen LogP contribution in [0.2, 0.25) is 0 Å². The van der Waals surface area contributed by atoms with Crippen molar-refractivity contribution in [1.29, 1.82) is 0 Å². The molecule has 2 amide bonds. The van der Waals surface area contributed by atoms with Gasteiger partial charge in [-0.25, -0.2) is 4.79 Å². The molecule has 0 aromatic rings. The van der Waals surface area contributed by atoms with Crippen LogP contribution in [0.3, 0.4) is 0 Å². The van der Waals surface area contributed by atoms with Gasteiger partial charge in [0.1, 0.15) is 6.04 Å². The minimum Gasteiger partial charge on any atom is -0.480 e. The number of hydrogen-bond donors (Lipinski definition) is 3. The summed E-state index contributed by atoms with van der Waals surface area (Å²) < 4.78 is 0. The predicted octanol–water partition coefficient (Wildman–Crippen LogP) is 2.60. The van der Waals surface area contributed by atoms with E-state index in [2.05, 4.69) is 19.2 Å². The summed E-state index contributed by atoms with van der Waals surface area (Å²) in [5, 5.41) is 11.2. The Morgan fingerprint density at radius 3 is 1.96 bits per heavy atom. The molecule has 0 aromatic heterocycles. The molecule has 0 radical (unpaired) electrons. The van der Waals surface area contributed by atoms with Crippen molar-refractivity contribution < 1.29 is 19.5 Å². The molecule has 0 saturated heterocycles. The molecule has 1 atom stereocenters. The highest BCUT2D eigenvalue weighted by Crippen LogP contribution is 2.12. The number of nitrogens with two attached hydrogens (primary N) is 1. The van der Waals surface area contributed by atoms with E-state index < -0.39 is 17.9 Å². The van der Waals surface area contributed by atoms with E-state index in [1.165, 1.54) is 32.1 Å². The first-order chi connectivity index (χ1) is 10.8. The monoisotopic (exact) mass is 328 g/mol. The van der Waals surface area contributed by atoms with Gasteiger partial charge in [0.15, 0.2) is 0 Å². The van der Waals surface area contributed by atoms with E-state index in [0.717, 1.165) is 25.2 Å². The maximum atomic E-state index is 11.7. The molecule has 0 spiro atoms. The summed E-state index contributed by atoms with van der Waals surface area (Å²) in [5.74, 6) is -1.54. The Morgan fingerprint density at radius 2 is 1.48 bits per heavy atom. The van der Waals surface area contributed by atoms with Gasteiger partial charge in [-0.15, -0.1) is 0 Å². The molecule has 0 bridgehead atoms. The van der Waals surface area contributed by atoms with Crippen molar-refractivity contribution in [2.75, 3.05) is 0 Å². The fourth-order valence-corrected chi connectivity index (χ4v) is 2.39. The molecular weight excluding hydrogens is 296 g/mol. The normalized spacial score (nSPS) is 12.1. The molecule has 6 nitrogen and oxygen atoms in total. The summed E-state index contributed by atoms with van der Waals surface area (Å²) in [6.45, 7) is 4.48. The van der Waals surface area contributed by atoms with E-state index in [1.807, 2.05) is 0 Å². The smallest absolute Gasteiger partial charge is 0.326 e. The van der Waals surface area contributed by atoms with Gasteiger partial charge in [-0.3, -0.25) is 9.59 Å². The van der Waals surface area contributed by atoms with Crippen molar-refractivity contribution in [2.24, 2.45) is 11.7 Å². The first kappa shape index (κ1) is 21.4. The third-order valence-corrected chi connectivity index (χ3v) is 3.72. The average Bonchev–Trinajstić information content (AvgIpc) is 2.43. The summed E-state index contributed by atoms with van der Waals surface area (Å²) >= 11 is 0. The van der Waals surface area contributed by atoms with Gasteiger partial charge in [-0.05, 0) is 12.3 Å². The maximum Gasteiger partial charge on any atom is 0.326 e. The van der Waals surface area contributed by atoms with E-state index in [-0.39, 0.29) is 18.7 Å². The van der Waals surface area contributed by atoms with Crippen molar-refractivity contribution in [3.63, 3.8) is 0 Å². The lowest BCUT2D eigenvalue weighted by molar-refractivity contribution is -0.143. The largest absolute Gasteiger partial charge is 0.480 e. The van der Waals surface area contributed by atoms with Gasteiger partial charge < -0.3 is 16.2 Å². The number of carboxylic acids is 1. The van der Waals surface area contributed by atoms with E-state index in [4.69, 9.17) is 10.8 Å². The fraction of sp³-hybridized carbons (Fsp3) is 0.824. The van der Waals surface area contributed by atoms with Crippen LogP contribution in [0.25, 0.3) is 0 Å². The molecule has 0 saturated carbocycles. The van der Waals surface area contributed by atoms with Crippen LogP contribution < -0.4 is 11.1 Å². The van der Waals surface area contributed by atoms with Crippen LogP contribution in [0.5, 0.6) is 0 Å². The SMILES string of the molecule is CC(C)CCCCCCCCCC(=O)N[C@@H](CC(N)=O)C(=O)O. The average molecular weight is 328 g/mol. The molecule has 4 N–H and O–H groups in total. The van der Waals surface area contributed by atoms with E-state index in [1.54, 1.807) is 0 Å². The summed E-state index contributed by atoms with van der Waals surface area (Å²) in [6, 6.07) is -1.22. The van der Waals surface area contributed by atoms with Crippen LogP contribution >= 0.6 is 0 Å². The predicted molar refractivity (Wildman–Crippen MR) is 89.8 cm³/mol. The summed E-state index contributed by atoms with van der Waals surface area (Å²) in [7, 11) is 0. The number of rotatable bonds is 14. The van der Waals surface area contributed by atoms with Gasteiger partial charge >= 0.3 is 5.97 Å². The van der Waals surface area contributed by atoms with Crippen LogP contribution in [0.1, 0.15) is 78.1 Å². The standard InChI is InChI=1S/C17H32N2O4/c1-13(2)10-8-6-4-3-5-7-9-11-16(21)19-14(17(22)23)12-15(18)20/h13-14H,3-12H2,1-2H3,(H2,18,20)(H,19,21)(H,22,23)/t14-/m0/s1. The van der Waals surface area contributed by atoms with Crippen molar-refractivity contribution in [2.45, 2.75) is 84.1 Å². The van der Waals surface area contributed by atoms with Crippen molar-refractivity contribution in [3.8, 4) is 0 Å². The Kier molecular flexibility index (Phi) is 12.0. The lowest BCUT2D eigenvalue weighted by atomic mass is 10.0. The van der Waals surface area contributed by atoms with Crippen LogP contribution in [0.15, 0.2) is 0 Å². The van der Waals surface area contributed by atoms with Crippen LogP contribution in [0.4, 0.5) is 0 Å². The van der Waals surface area contributed by atoms with Crippen LogP contribution in [-0.4, -0.2) is 28.9 Å². The zero-order valence-corrected chi connectivity index (χ0v) is 14.5. The number of amides is 2. The van der Waals surface area contributed by atoms with Crippen molar-refractivity contribution >= 4 is 17.8 Å². The fourth-order valence-electron chi connectivity index (χ4n) is 2.39. The molecular formula is C17H32N2O4. The lowest BCUT2D eigenvalue weighted by Crippen LogP contribution is -2.43. The first-order valence-electron chi connectivity index (χ1n) is 8.63. The zero-order valence-electron chi connectivity index (χ0n) is 14.5.